The zero-order valence-electron chi connectivity index (χ0n) is 17.6. The summed E-state index contributed by atoms with van der Waals surface area (Å²) in [6.45, 7) is 7.10. The molecule has 0 bridgehead atoms. The molecule has 0 aliphatic heterocycles. The second-order valence-electron chi connectivity index (χ2n) is 11.3. The van der Waals surface area contributed by atoms with Gasteiger partial charge in [-0.05, 0) is 99.2 Å². The average Bonchev–Trinajstić information content (AvgIpc) is 2.74. The van der Waals surface area contributed by atoms with Crippen LogP contribution >= 0.6 is 15.9 Å². The lowest BCUT2D eigenvalue weighted by Crippen LogP contribution is -2.56. The number of carbonyl (C=O) groups is 1. The van der Waals surface area contributed by atoms with Crippen LogP contribution in [0.1, 0.15) is 91.4 Å². The molecule has 0 heterocycles. The van der Waals surface area contributed by atoms with Gasteiger partial charge >= 0.3 is 0 Å². The normalized spacial score (nSPS) is 52.9. The lowest BCUT2D eigenvalue weighted by atomic mass is 9.42. The molecular weight excluding hydrogens is 400 g/mol. The minimum absolute atomic E-state index is 0.226. The Morgan fingerprint density at radius 1 is 0.926 bits per heavy atom. The maximum Gasteiger partial charge on any atom is 0.147 e. The molecule has 0 aromatic rings. The van der Waals surface area contributed by atoms with Gasteiger partial charge < -0.3 is 5.11 Å². The highest BCUT2D eigenvalue weighted by molar-refractivity contribution is 9.09. The van der Waals surface area contributed by atoms with Crippen LogP contribution in [-0.4, -0.2) is 21.8 Å². The number of hydrogen-bond donors (Lipinski definition) is 1. The van der Waals surface area contributed by atoms with Gasteiger partial charge in [0.15, 0.2) is 0 Å². The first kappa shape index (κ1) is 20.4. The Balaban J connectivity index is 1.62. The molecule has 27 heavy (non-hydrogen) atoms. The molecule has 0 spiro atoms. The molecule has 2 nitrogen and oxygen atoms in total. The fourth-order valence-electron chi connectivity index (χ4n) is 8.56. The third-order valence-electron chi connectivity index (χ3n) is 9.94. The van der Waals surface area contributed by atoms with Gasteiger partial charge in [-0.25, -0.2) is 0 Å². The average molecular weight is 439 g/mol. The molecule has 0 amide bonds. The Kier molecular flexibility index (Phi) is 5.37. The number of halogens is 1. The summed E-state index contributed by atoms with van der Waals surface area (Å²) in [6, 6.07) is 0. The van der Waals surface area contributed by atoms with Crippen LogP contribution in [0.2, 0.25) is 0 Å². The number of aliphatic hydroxyl groups is 1. The fourth-order valence-corrected chi connectivity index (χ4v) is 8.95. The number of carbonyl (C=O) groups excluding carboxylic acids is 1. The summed E-state index contributed by atoms with van der Waals surface area (Å²) in [5.74, 6) is 3.76. The third kappa shape index (κ3) is 3.27. The van der Waals surface area contributed by atoms with Gasteiger partial charge in [0.25, 0.3) is 0 Å². The van der Waals surface area contributed by atoms with Crippen LogP contribution in [0.5, 0.6) is 0 Å². The Labute approximate surface area is 174 Å². The number of fused-ring (bicyclic) bond motifs is 5. The van der Waals surface area contributed by atoms with E-state index < -0.39 is 5.60 Å². The van der Waals surface area contributed by atoms with Crippen LogP contribution in [0.3, 0.4) is 0 Å². The van der Waals surface area contributed by atoms with Crippen molar-refractivity contribution < 1.29 is 9.90 Å². The molecule has 4 fully saturated rings. The van der Waals surface area contributed by atoms with Crippen LogP contribution < -0.4 is 0 Å². The zero-order valence-corrected chi connectivity index (χ0v) is 19.2. The molecule has 1 N–H and O–H groups in total. The van der Waals surface area contributed by atoms with Crippen LogP contribution in [0.15, 0.2) is 0 Å². The number of ketones is 1. The second-order valence-corrected chi connectivity index (χ2v) is 11.9. The maximum absolute atomic E-state index is 12.7. The number of Topliss-reactive ketones (excluding diaryl/α,β-unsaturated/α-hetero) is 1. The lowest BCUT2D eigenvalue weighted by molar-refractivity contribution is -0.151. The zero-order chi connectivity index (χ0) is 19.4. The van der Waals surface area contributed by atoms with Crippen LogP contribution in [-0.2, 0) is 4.79 Å². The van der Waals surface area contributed by atoms with Crippen LogP contribution in [0.25, 0.3) is 0 Å². The van der Waals surface area contributed by atoms with E-state index in [-0.39, 0.29) is 11.3 Å². The van der Waals surface area contributed by atoms with E-state index in [2.05, 4.69) is 36.7 Å². The Morgan fingerprint density at radius 3 is 2.41 bits per heavy atom. The van der Waals surface area contributed by atoms with Gasteiger partial charge in [-0.15, -0.1) is 0 Å². The van der Waals surface area contributed by atoms with Crippen molar-refractivity contribution in [1.82, 2.24) is 0 Å². The van der Waals surface area contributed by atoms with E-state index in [0.29, 0.717) is 22.4 Å². The highest BCUT2D eigenvalue weighted by Crippen LogP contribution is 2.66. The van der Waals surface area contributed by atoms with E-state index in [1.165, 1.54) is 51.4 Å². The molecule has 0 radical (unpaired) electrons. The summed E-state index contributed by atoms with van der Waals surface area (Å²) in [5, 5.41) is 11.3. The van der Waals surface area contributed by atoms with E-state index in [4.69, 9.17) is 0 Å². The van der Waals surface area contributed by atoms with Crippen molar-refractivity contribution in [2.45, 2.75) is 97.0 Å². The van der Waals surface area contributed by atoms with E-state index in [1.54, 1.807) is 0 Å². The molecule has 4 aliphatic rings. The van der Waals surface area contributed by atoms with Crippen molar-refractivity contribution in [1.29, 1.82) is 0 Å². The monoisotopic (exact) mass is 438 g/mol. The van der Waals surface area contributed by atoms with Gasteiger partial charge in [-0.3, -0.25) is 4.79 Å². The van der Waals surface area contributed by atoms with Gasteiger partial charge in [-0.2, -0.15) is 0 Å². The predicted octanol–water partition coefficient (Wildman–Crippen LogP) is 6.14. The molecular formula is C24H39BrO2. The summed E-state index contributed by atoms with van der Waals surface area (Å²) < 4.78 is 0. The third-order valence-corrected chi connectivity index (χ3v) is 10.5. The standard InChI is InChI=1S/C24H39BrO2/c1-22(27)11-5-12-23(2)16(14-22)8-9-17-18-6-4-7-20(21(26)15-25)24(18,3)13-10-19(17)23/h16-20,27H,4-15H2,1-3H3/t16?,17-,18?,19?,20+,22?,23-,24-/m0/s1. The predicted molar refractivity (Wildman–Crippen MR) is 114 cm³/mol. The number of rotatable bonds is 2. The molecule has 4 aliphatic carbocycles. The van der Waals surface area contributed by atoms with Gasteiger partial charge in [0.05, 0.1) is 10.9 Å². The van der Waals surface area contributed by atoms with Crippen molar-refractivity contribution in [3.8, 4) is 0 Å². The van der Waals surface area contributed by atoms with E-state index in [1.807, 2.05) is 0 Å². The molecule has 154 valence electrons. The number of hydrogen-bond acceptors (Lipinski definition) is 2. The summed E-state index contributed by atoms with van der Waals surface area (Å²) in [7, 11) is 0. The minimum Gasteiger partial charge on any atom is -0.390 e. The van der Waals surface area contributed by atoms with Crippen molar-refractivity contribution >= 4 is 21.7 Å². The van der Waals surface area contributed by atoms with Gasteiger partial charge in [0, 0.05) is 5.92 Å². The first-order chi connectivity index (χ1) is 12.7. The molecule has 4 unspecified atom stereocenters. The van der Waals surface area contributed by atoms with Crippen LogP contribution in [0.4, 0.5) is 0 Å². The molecule has 4 rings (SSSR count). The molecule has 0 aromatic heterocycles. The van der Waals surface area contributed by atoms with E-state index in [0.717, 1.165) is 37.0 Å². The summed E-state index contributed by atoms with van der Waals surface area (Å²) in [5.41, 5.74) is 0.164. The summed E-state index contributed by atoms with van der Waals surface area (Å²) in [4.78, 5) is 12.7. The quantitative estimate of drug-likeness (QED) is 0.525. The number of alkyl halides is 1. The van der Waals surface area contributed by atoms with E-state index in [9.17, 15) is 9.90 Å². The molecule has 0 aromatic carbocycles. The van der Waals surface area contributed by atoms with Gasteiger partial charge in [0.1, 0.15) is 5.78 Å². The highest BCUT2D eigenvalue weighted by atomic mass is 79.9. The molecule has 3 heteroatoms. The molecule has 0 saturated heterocycles. The van der Waals surface area contributed by atoms with Crippen molar-refractivity contribution in [2.24, 2.45) is 40.4 Å². The first-order valence-electron chi connectivity index (χ1n) is 11.5. The smallest absolute Gasteiger partial charge is 0.147 e. The van der Waals surface area contributed by atoms with Gasteiger partial charge in [-0.1, -0.05) is 42.6 Å². The minimum atomic E-state index is -0.462. The lowest BCUT2D eigenvalue weighted by Gasteiger charge is -2.62. The molecule has 4 saturated carbocycles. The van der Waals surface area contributed by atoms with Crippen molar-refractivity contribution in [2.75, 3.05) is 5.33 Å². The largest absolute Gasteiger partial charge is 0.390 e. The highest BCUT2D eigenvalue weighted by Gasteiger charge is 2.59. The van der Waals surface area contributed by atoms with E-state index >= 15 is 0 Å². The maximum atomic E-state index is 12.7. The van der Waals surface area contributed by atoms with Crippen LogP contribution in [0, 0.1) is 40.4 Å². The Bertz CT molecular complexity index is 587. The van der Waals surface area contributed by atoms with Gasteiger partial charge in [0.2, 0.25) is 0 Å². The first-order valence-corrected chi connectivity index (χ1v) is 12.6. The Hall–Kier alpha value is 0.110. The second kappa shape index (κ2) is 7.11. The molecule has 8 atom stereocenters. The topological polar surface area (TPSA) is 37.3 Å². The fraction of sp³-hybridized carbons (Fsp3) is 0.958. The summed E-state index contributed by atoms with van der Waals surface area (Å²) in [6.07, 6.45) is 13.3. The SMILES string of the molecule is CC1(O)CCC[C@@]2(C)C(CC[C@@H]3C2CC[C@@]2(C)C3CCC[C@@H]2C(=O)CBr)C1. The Morgan fingerprint density at radius 2 is 1.67 bits per heavy atom. The van der Waals surface area contributed by atoms with Crippen molar-refractivity contribution in [3.05, 3.63) is 0 Å². The van der Waals surface area contributed by atoms with Crippen molar-refractivity contribution in [3.63, 3.8) is 0 Å². The summed E-state index contributed by atoms with van der Waals surface area (Å²) >= 11 is 3.46.